The van der Waals surface area contributed by atoms with Gasteiger partial charge in [0.1, 0.15) is 10.8 Å². The van der Waals surface area contributed by atoms with Crippen molar-refractivity contribution < 1.29 is 4.79 Å². The molecule has 0 fully saturated rings. The summed E-state index contributed by atoms with van der Waals surface area (Å²) in [6.45, 7) is 2.01. The third-order valence-corrected chi connectivity index (χ3v) is 4.30. The molecule has 2 heterocycles. The first-order valence-corrected chi connectivity index (χ1v) is 8.62. The van der Waals surface area contributed by atoms with Crippen LogP contribution in [0.15, 0.2) is 54.2 Å². The molecule has 0 radical (unpaired) electrons. The van der Waals surface area contributed by atoms with Gasteiger partial charge in [0, 0.05) is 17.7 Å². The van der Waals surface area contributed by atoms with E-state index in [1.165, 1.54) is 17.4 Å². The number of carbonyl (C=O) groups is 1. The van der Waals surface area contributed by atoms with Crippen LogP contribution in [0.4, 0.5) is 0 Å². The van der Waals surface area contributed by atoms with Gasteiger partial charge < -0.3 is 10.3 Å². The highest BCUT2D eigenvalue weighted by Crippen LogP contribution is 2.20. The highest BCUT2D eigenvalue weighted by atomic mass is 32.1. The zero-order valence-electron chi connectivity index (χ0n) is 13.3. The standard InChI is InChI=1S/C18H18N4OS/c1-2-14(21-16(23)8-9-17-19-10-11-24-17)18-20-12-15(22-18)13-6-4-3-5-7-13/h3-12,14H,2H2,1H3,(H,20,22)(H,21,23)/b9-8+/t14-/m0/s1. The molecule has 3 rings (SSSR count). The Morgan fingerprint density at radius 2 is 2.17 bits per heavy atom. The van der Waals surface area contributed by atoms with Crippen LogP contribution in [0.2, 0.25) is 0 Å². The number of carbonyl (C=O) groups excluding carboxylic acids is 1. The van der Waals surface area contributed by atoms with Gasteiger partial charge in [0.25, 0.3) is 0 Å². The molecule has 1 aromatic carbocycles. The largest absolute Gasteiger partial charge is 0.343 e. The van der Waals surface area contributed by atoms with Crippen LogP contribution in [-0.4, -0.2) is 20.9 Å². The molecular formula is C18H18N4OS. The maximum Gasteiger partial charge on any atom is 0.244 e. The molecule has 24 heavy (non-hydrogen) atoms. The Morgan fingerprint density at radius 1 is 1.33 bits per heavy atom. The zero-order valence-corrected chi connectivity index (χ0v) is 14.1. The number of hydrogen-bond donors (Lipinski definition) is 2. The summed E-state index contributed by atoms with van der Waals surface area (Å²) in [4.78, 5) is 23.9. The van der Waals surface area contributed by atoms with Gasteiger partial charge in [0.2, 0.25) is 5.91 Å². The van der Waals surface area contributed by atoms with E-state index in [0.717, 1.165) is 28.5 Å². The summed E-state index contributed by atoms with van der Waals surface area (Å²) in [6, 6.07) is 9.83. The molecule has 0 bridgehead atoms. The Labute approximate surface area is 144 Å². The number of nitrogens with one attached hydrogen (secondary N) is 2. The first-order chi connectivity index (χ1) is 11.8. The molecule has 1 atom stereocenters. The van der Waals surface area contributed by atoms with Gasteiger partial charge in [-0.15, -0.1) is 11.3 Å². The lowest BCUT2D eigenvalue weighted by Gasteiger charge is -2.13. The molecule has 2 aromatic heterocycles. The van der Waals surface area contributed by atoms with E-state index in [1.807, 2.05) is 42.6 Å². The molecule has 122 valence electrons. The molecule has 0 aliphatic carbocycles. The van der Waals surface area contributed by atoms with Crippen molar-refractivity contribution in [3.8, 4) is 11.3 Å². The molecule has 3 aromatic rings. The summed E-state index contributed by atoms with van der Waals surface area (Å²) in [5.41, 5.74) is 2.01. The Kier molecular flexibility index (Phi) is 5.18. The van der Waals surface area contributed by atoms with E-state index >= 15 is 0 Å². The maximum atomic E-state index is 12.1. The minimum Gasteiger partial charge on any atom is -0.343 e. The van der Waals surface area contributed by atoms with Crippen LogP contribution in [-0.2, 0) is 4.79 Å². The summed E-state index contributed by atoms with van der Waals surface area (Å²) in [6.07, 6.45) is 7.47. The number of imidazole rings is 1. The number of amides is 1. The van der Waals surface area contributed by atoms with Crippen molar-refractivity contribution in [2.24, 2.45) is 0 Å². The Bertz CT molecular complexity index is 809. The molecule has 0 saturated carbocycles. The van der Waals surface area contributed by atoms with Crippen LogP contribution >= 0.6 is 11.3 Å². The van der Waals surface area contributed by atoms with E-state index in [2.05, 4.69) is 20.3 Å². The van der Waals surface area contributed by atoms with Crippen molar-refractivity contribution in [3.05, 3.63) is 65.0 Å². The first kappa shape index (κ1) is 16.1. The Morgan fingerprint density at radius 3 is 2.88 bits per heavy atom. The number of hydrogen-bond acceptors (Lipinski definition) is 4. The highest BCUT2D eigenvalue weighted by Gasteiger charge is 2.15. The van der Waals surface area contributed by atoms with E-state index in [-0.39, 0.29) is 11.9 Å². The number of benzene rings is 1. The predicted octanol–water partition coefficient (Wildman–Crippen LogP) is 3.81. The van der Waals surface area contributed by atoms with Gasteiger partial charge in [-0.05, 0) is 18.1 Å². The fourth-order valence-electron chi connectivity index (χ4n) is 2.33. The summed E-state index contributed by atoms with van der Waals surface area (Å²) in [5, 5.41) is 5.65. The van der Waals surface area contributed by atoms with E-state index in [1.54, 1.807) is 18.5 Å². The Balaban J connectivity index is 1.68. The van der Waals surface area contributed by atoms with Gasteiger partial charge >= 0.3 is 0 Å². The average Bonchev–Trinajstić information content (AvgIpc) is 3.30. The van der Waals surface area contributed by atoms with Crippen LogP contribution in [0.3, 0.4) is 0 Å². The van der Waals surface area contributed by atoms with E-state index in [4.69, 9.17) is 0 Å². The van der Waals surface area contributed by atoms with Crippen molar-refractivity contribution in [2.75, 3.05) is 0 Å². The number of rotatable bonds is 6. The summed E-state index contributed by atoms with van der Waals surface area (Å²) in [7, 11) is 0. The second kappa shape index (κ2) is 7.70. The normalized spacial score (nSPS) is 12.4. The fraction of sp³-hybridized carbons (Fsp3) is 0.167. The van der Waals surface area contributed by atoms with Crippen LogP contribution in [0.25, 0.3) is 17.3 Å². The average molecular weight is 338 g/mol. The SMILES string of the molecule is CC[C@H](NC(=O)/C=C/c1nccs1)c1ncc(-c2ccccc2)[nH]1. The van der Waals surface area contributed by atoms with Crippen molar-refractivity contribution in [1.82, 2.24) is 20.3 Å². The van der Waals surface area contributed by atoms with Gasteiger partial charge in [-0.3, -0.25) is 4.79 Å². The molecule has 5 nitrogen and oxygen atoms in total. The highest BCUT2D eigenvalue weighted by molar-refractivity contribution is 7.10. The molecule has 2 N–H and O–H groups in total. The molecule has 0 aliphatic heterocycles. The van der Waals surface area contributed by atoms with Gasteiger partial charge in [0.05, 0.1) is 17.9 Å². The summed E-state index contributed by atoms with van der Waals surface area (Å²) < 4.78 is 0. The van der Waals surface area contributed by atoms with Crippen LogP contribution in [0.1, 0.15) is 30.2 Å². The third-order valence-electron chi connectivity index (χ3n) is 3.56. The summed E-state index contributed by atoms with van der Waals surface area (Å²) in [5.74, 6) is 0.599. The maximum absolute atomic E-state index is 12.1. The number of nitrogens with zero attached hydrogens (tertiary/aromatic N) is 2. The fourth-order valence-corrected chi connectivity index (χ4v) is 2.85. The van der Waals surface area contributed by atoms with E-state index < -0.39 is 0 Å². The van der Waals surface area contributed by atoms with Crippen LogP contribution in [0, 0.1) is 0 Å². The minimum atomic E-state index is -0.158. The van der Waals surface area contributed by atoms with Crippen LogP contribution in [0.5, 0.6) is 0 Å². The smallest absolute Gasteiger partial charge is 0.244 e. The predicted molar refractivity (Wildman–Crippen MR) is 96.3 cm³/mol. The molecule has 0 spiro atoms. The van der Waals surface area contributed by atoms with Gasteiger partial charge in [-0.25, -0.2) is 9.97 Å². The van der Waals surface area contributed by atoms with Crippen molar-refractivity contribution in [1.29, 1.82) is 0 Å². The lowest BCUT2D eigenvalue weighted by atomic mass is 10.2. The first-order valence-electron chi connectivity index (χ1n) is 7.74. The van der Waals surface area contributed by atoms with Crippen molar-refractivity contribution in [3.63, 3.8) is 0 Å². The number of aromatic amines is 1. The van der Waals surface area contributed by atoms with E-state index in [9.17, 15) is 4.79 Å². The molecule has 1 amide bonds. The quantitative estimate of drug-likeness (QED) is 0.671. The third kappa shape index (κ3) is 3.97. The monoisotopic (exact) mass is 338 g/mol. The number of H-pyrrole nitrogens is 1. The lowest BCUT2D eigenvalue weighted by Crippen LogP contribution is -2.27. The van der Waals surface area contributed by atoms with Crippen molar-refractivity contribution >= 4 is 23.3 Å². The Hall–Kier alpha value is -2.73. The second-order valence-corrected chi connectivity index (χ2v) is 6.15. The molecular weight excluding hydrogens is 320 g/mol. The lowest BCUT2D eigenvalue weighted by molar-refractivity contribution is -0.117. The molecule has 0 saturated heterocycles. The van der Waals surface area contributed by atoms with E-state index in [0.29, 0.717) is 0 Å². The topological polar surface area (TPSA) is 70.7 Å². The van der Waals surface area contributed by atoms with Crippen LogP contribution < -0.4 is 5.32 Å². The zero-order chi connectivity index (χ0) is 16.8. The van der Waals surface area contributed by atoms with Crippen molar-refractivity contribution in [2.45, 2.75) is 19.4 Å². The van der Waals surface area contributed by atoms with Gasteiger partial charge in [-0.2, -0.15) is 0 Å². The number of thiazole rings is 1. The molecule has 0 unspecified atom stereocenters. The second-order valence-electron chi connectivity index (χ2n) is 5.22. The molecule has 0 aliphatic rings. The number of aromatic nitrogens is 3. The van der Waals surface area contributed by atoms with Gasteiger partial charge in [-0.1, -0.05) is 37.3 Å². The molecule has 6 heteroatoms. The summed E-state index contributed by atoms with van der Waals surface area (Å²) >= 11 is 1.49. The van der Waals surface area contributed by atoms with Gasteiger partial charge in [0.15, 0.2) is 0 Å². The minimum absolute atomic E-state index is 0.157.